The Morgan fingerprint density at radius 2 is 1.68 bits per heavy atom. The number of fused-ring (bicyclic) bond motifs is 5. The second-order valence-electron chi connectivity index (χ2n) is 13.9. The van der Waals surface area contributed by atoms with Gasteiger partial charge in [0, 0.05) is 32.6 Å². The maximum Gasteiger partial charge on any atom is 0.320 e. The van der Waals surface area contributed by atoms with Gasteiger partial charge in [-0.3, -0.25) is 14.5 Å². The Morgan fingerprint density at radius 1 is 0.946 bits per heavy atom. The summed E-state index contributed by atoms with van der Waals surface area (Å²) in [4.78, 5) is 26.7. The summed E-state index contributed by atoms with van der Waals surface area (Å²) in [5.41, 5.74) is 0.830. The molecule has 0 radical (unpaired) electrons. The first-order valence-corrected chi connectivity index (χ1v) is 15.4. The molecule has 6 nitrogen and oxygen atoms in total. The number of nitrogens with zero attached hydrogens (tertiary/aromatic N) is 1. The van der Waals surface area contributed by atoms with E-state index in [1.54, 1.807) is 0 Å². The predicted octanol–water partition coefficient (Wildman–Crippen LogP) is 5.05. The Morgan fingerprint density at radius 3 is 2.43 bits per heavy atom. The zero-order valence-electron chi connectivity index (χ0n) is 23.9. The number of nitrogens with one attached hydrogen (secondary N) is 1. The molecule has 5 rings (SSSR count). The molecule has 4 saturated carbocycles. The largest absolute Gasteiger partial charge is 0.469 e. The van der Waals surface area contributed by atoms with Crippen LogP contribution in [0, 0.1) is 46.3 Å². The molecule has 6 heteroatoms. The first-order chi connectivity index (χ1) is 17.7. The van der Waals surface area contributed by atoms with Crippen LogP contribution in [0.2, 0.25) is 0 Å². The van der Waals surface area contributed by atoms with E-state index in [-0.39, 0.29) is 18.0 Å². The lowest BCUT2D eigenvalue weighted by atomic mass is 9.44. The van der Waals surface area contributed by atoms with E-state index in [9.17, 15) is 9.59 Å². The number of hydrogen-bond donors (Lipinski definition) is 1. The van der Waals surface area contributed by atoms with Crippen LogP contribution in [-0.4, -0.2) is 62.8 Å². The lowest BCUT2D eigenvalue weighted by Crippen LogP contribution is -2.54. The predicted molar refractivity (Wildman–Crippen MR) is 145 cm³/mol. The number of methoxy groups -OCH3 is 1. The smallest absolute Gasteiger partial charge is 0.320 e. The SMILES string of the molecule is COC(=O)CC[C@@H](C)[C@H]1CC[C@H]2[C@@H]3CC[C@@H]4C[C@H](OC(=O)CN5CCNCC5)CC[C@]4(C)[C@H]3CC[C@]12C. The van der Waals surface area contributed by atoms with Gasteiger partial charge in [0.25, 0.3) is 0 Å². The number of rotatable bonds is 7. The second kappa shape index (κ2) is 11.2. The van der Waals surface area contributed by atoms with Crippen LogP contribution in [0.25, 0.3) is 0 Å². The topological polar surface area (TPSA) is 67.9 Å². The molecule has 210 valence electrons. The van der Waals surface area contributed by atoms with Crippen molar-refractivity contribution in [2.75, 3.05) is 39.8 Å². The molecule has 1 aliphatic heterocycles. The van der Waals surface area contributed by atoms with Crippen molar-refractivity contribution in [2.24, 2.45) is 46.3 Å². The average molecular weight is 517 g/mol. The highest BCUT2D eigenvalue weighted by molar-refractivity contribution is 5.72. The van der Waals surface area contributed by atoms with Gasteiger partial charge >= 0.3 is 11.9 Å². The molecule has 0 spiro atoms. The van der Waals surface area contributed by atoms with Gasteiger partial charge in [-0.25, -0.2) is 0 Å². The van der Waals surface area contributed by atoms with Gasteiger partial charge in [-0.2, -0.15) is 0 Å². The maximum atomic E-state index is 12.7. The van der Waals surface area contributed by atoms with Crippen LogP contribution in [0.1, 0.15) is 91.4 Å². The summed E-state index contributed by atoms with van der Waals surface area (Å²) in [6, 6.07) is 0. The van der Waals surface area contributed by atoms with Gasteiger partial charge < -0.3 is 14.8 Å². The van der Waals surface area contributed by atoms with Crippen LogP contribution in [-0.2, 0) is 19.1 Å². The molecular formula is C31H52N2O4. The molecule has 0 unspecified atom stereocenters. The summed E-state index contributed by atoms with van der Waals surface area (Å²) in [5, 5.41) is 3.35. The van der Waals surface area contributed by atoms with Crippen LogP contribution in [0.3, 0.4) is 0 Å². The average Bonchev–Trinajstić information content (AvgIpc) is 3.25. The molecule has 0 aromatic carbocycles. The molecule has 5 aliphatic rings. The van der Waals surface area contributed by atoms with E-state index in [1.807, 2.05) is 0 Å². The number of carbonyl (C=O) groups excluding carboxylic acids is 2. The van der Waals surface area contributed by atoms with Crippen LogP contribution < -0.4 is 5.32 Å². The van der Waals surface area contributed by atoms with E-state index in [4.69, 9.17) is 9.47 Å². The van der Waals surface area contributed by atoms with Crippen molar-refractivity contribution in [3.8, 4) is 0 Å². The molecule has 0 bridgehead atoms. The third kappa shape index (κ3) is 5.35. The van der Waals surface area contributed by atoms with E-state index in [0.29, 0.717) is 35.6 Å². The molecule has 9 atom stereocenters. The van der Waals surface area contributed by atoms with Gasteiger partial charge in [0.2, 0.25) is 0 Å². The zero-order valence-corrected chi connectivity index (χ0v) is 23.9. The fraction of sp³-hybridized carbons (Fsp3) is 0.935. The zero-order chi connectivity index (χ0) is 26.2. The van der Waals surface area contributed by atoms with Crippen molar-refractivity contribution in [3.63, 3.8) is 0 Å². The van der Waals surface area contributed by atoms with Gasteiger partial charge in [-0.05, 0) is 111 Å². The van der Waals surface area contributed by atoms with Crippen LogP contribution in [0.4, 0.5) is 0 Å². The molecule has 1 heterocycles. The van der Waals surface area contributed by atoms with Crippen LogP contribution in [0.15, 0.2) is 0 Å². The molecular weight excluding hydrogens is 464 g/mol. The van der Waals surface area contributed by atoms with Crippen molar-refractivity contribution in [1.82, 2.24) is 10.2 Å². The number of esters is 2. The Balaban J connectivity index is 1.18. The number of ether oxygens (including phenoxy) is 2. The first kappa shape index (κ1) is 27.4. The highest BCUT2D eigenvalue weighted by Gasteiger charge is 2.60. The molecule has 0 amide bonds. The Kier molecular flexibility index (Phi) is 8.27. The second-order valence-corrected chi connectivity index (χ2v) is 13.9. The van der Waals surface area contributed by atoms with Gasteiger partial charge in [0.15, 0.2) is 0 Å². The number of piperazine rings is 1. The molecule has 37 heavy (non-hydrogen) atoms. The Bertz CT molecular complexity index is 828. The van der Waals surface area contributed by atoms with Crippen molar-refractivity contribution >= 4 is 11.9 Å². The summed E-state index contributed by atoms with van der Waals surface area (Å²) >= 11 is 0. The van der Waals surface area contributed by atoms with E-state index in [2.05, 4.69) is 31.0 Å². The number of carbonyl (C=O) groups is 2. The molecule has 1 N–H and O–H groups in total. The standard InChI is InChI=1S/C31H52N2O4/c1-21(5-10-28(34)36-4)25-8-9-26-24-7-6-22-19-23(37-29(35)20-33-17-15-32-16-18-33)11-13-30(22,2)27(24)12-14-31(25,26)3/h21-27,32H,5-20H2,1-4H3/t21-,22-,23-,24+,25-,26+,27+,30+,31-/m1/s1. The molecule has 1 saturated heterocycles. The highest BCUT2D eigenvalue weighted by Crippen LogP contribution is 2.68. The van der Waals surface area contributed by atoms with Crippen LogP contribution in [0.5, 0.6) is 0 Å². The molecule has 0 aromatic heterocycles. The fourth-order valence-electron chi connectivity index (χ4n) is 10.2. The minimum Gasteiger partial charge on any atom is -0.469 e. The van der Waals surface area contributed by atoms with Crippen molar-refractivity contribution in [1.29, 1.82) is 0 Å². The minimum atomic E-state index is -0.0633. The van der Waals surface area contributed by atoms with E-state index >= 15 is 0 Å². The van der Waals surface area contributed by atoms with Gasteiger partial charge in [0.05, 0.1) is 13.7 Å². The quantitative estimate of drug-likeness (QED) is 0.478. The normalized spacial score (nSPS) is 42.7. The van der Waals surface area contributed by atoms with Crippen LogP contribution >= 0.6 is 0 Å². The molecule has 5 fully saturated rings. The summed E-state index contributed by atoms with van der Waals surface area (Å²) in [7, 11) is 1.50. The monoisotopic (exact) mass is 516 g/mol. The Labute approximate surface area is 225 Å². The van der Waals surface area contributed by atoms with Gasteiger partial charge in [-0.15, -0.1) is 0 Å². The van der Waals surface area contributed by atoms with E-state index in [0.717, 1.165) is 69.1 Å². The third-order valence-corrected chi connectivity index (χ3v) is 12.3. The van der Waals surface area contributed by atoms with Gasteiger partial charge in [0.1, 0.15) is 6.10 Å². The minimum absolute atomic E-state index is 0.0176. The summed E-state index contributed by atoms with van der Waals surface area (Å²) in [5.74, 6) is 4.45. The first-order valence-electron chi connectivity index (χ1n) is 15.4. The third-order valence-electron chi connectivity index (χ3n) is 12.3. The lowest BCUT2D eigenvalue weighted by molar-refractivity contribution is -0.163. The molecule has 4 aliphatic carbocycles. The lowest BCUT2D eigenvalue weighted by Gasteiger charge is -2.61. The molecule has 0 aromatic rings. The Hall–Kier alpha value is -1.14. The van der Waals surface area contributed by atoms with Gasteiger partial charge in [-0.1, -0.05) is 20.8 Å². The fourth-order valence-corrected chi connectivity index (χ4v) is 10.2. The summed E-state index contributed by atoms with van der Waals surface area (Å²) in [6.07, 6.45) is 13.0. The summed E-state index contributed by atoms with van der Waals surface area (Å²) in [6.45, 7) is 11.8. The van der Waals surface area contributed by atoms with Crippen molar-refractivity contribution < 1.29 is 19.1 Å². The van der Waals surface area contributed by atoms with Crippen molar-refractivity contribution in [3.05, 3.63) is 0 Å². The summed E-state index contributed by atoms with van der Waals surface area (Å²) < 4.78 is 11.0. The maximum absolute atomic E-state index is 12.7. The van der Waals surface area contributed by atoms with E-state index in [1.165, 1.54) is 52.1 Å². The highest BCUT2D eigenvalue weighted by atomic mass is 16.5. The van der Waals surface area contributed by atoms with Crippen molar-refractivity contribution in [2.45, 2.75) is 97.5 Å². The van der Waals surface area contributed by atoms with E-state index < -0.39 is 0 Å². The number of hydrogen-bond acceptors (Lipinski definition) is 6.